The van der Waals surface area contributed by atoms with Gasteiger partial charge in [0.1, 0.15) is 5.75 Å². The van der Waals surface area contributed by atoms with Crippen LogP contribution in [0.2, 0.25) is 0 Å². The summed E-state index contributed by atoms with van der Waals surface area (Å²) < 4.78 is 36.9. The van der Waals surface area contributed by atoms with Gasteiger partial charge in [-0.1, -0.05) is 0 Å². The third kappa shape index (κ3) is 1.81. The molecule has 2 heterocycles. The van der Waals surface area contributed by atoms with Gasteiger partial charge in [0.15, 0.2) is 0 Å². The van der Waals surface area contributed by atoms with Gasteiger partial charge in [0, 0.05) is 6.54 Å². The van der Waals surface area contributed by atoms with Crippen molar-refractivity contribution in [2.24, 2.45) is 0 Å². The average Bonchev–Trinajstić information content (AvgIpc) is 3.01. The fourth-order valence-electron chi connectivity index (χ4n) is 2.54. The van der Waals surface area contributed by atoms with E-state index in [0.717, 1.165) is 6.42 Å². The number of benzene rings is 1. The molecule has 98 valence electrons. The summed E-state index contributed by atoms with van der Waals surface area (Å²) in [6.45, 7) is 0.985. The van der Waals surface area contributed by atoms with Crippen LogP contribution in [0.25, 0.3) is 0 Å². The molecular weight excluding hydrogens is 254 g/mol. The Morgan fingerprint density at radius 2 is 2.06 bits per heavy atom. The van der Waals surface area contributed by atoms with E-state index in [2.05, 4.69) is 0 Å². The monoisotopic (exact) mass is 269 g/mol. The summed E-state index contributed by atoms with van der Waals surface area (Å²) >= 11 is 0. The highest BCUT2D eigenvalue weighted by atomic mass is 32.2. The van der Waals surface area contributed by atoms with Gasteiger partial charge in [-0.2, -0.15) is 4.31 Å². The zero-order valence-electron chi connectivity index (χ0n) is 10.1. The molecule has 2 aliphatic rings. The first-order valence-electron chi connectivity index (χ1n) is 5.89. The van der Waals surface area contributed by atoms with E-state index in [1.165, 1.54) is 0 Å². The summed E-state index contributed by atoms with van der Waals surface area (Å²) in [4.78, 5) is 0.316. The number of hydrogen-bond donors (Lipinski definition) is 0. The molecule has 0 radical (unpaired) electrons. The summed E-state index contributed by atoms with van der Waals surface area (Å²) in [6, 6.07) is 6.50. The first-order valence-corrected chi connectivity index (χ1v) is 7.33. The van der Waals surface area contributed by atoms with E-state index >= 15 is 0 Å². The van der Waals surface area contributed by atoms with Crippen LogP contribution in [0.3, 0.4) is 0 Å². The maximum atomic E-state index is 12.5. The van der Waals surface area contributed by atoms with Gasteiger partial charge < -0.3 is 9.47 Å². The molecule has 2 unspecified atom stereocenters. The maximum absolute atomic E-state index is 12.5. The van der Waals surface area contributed by atoms with Crippen molar-refractivity contribution in [3.05, 3.63) is 24.3 Å². The van der Waals surface area contributed by atoms with Crippen molar-refractivity contribution in [3.63, 3.8) is 0 Å². The van der Waals surface area contributed by atoms with Crippen LogP contribution in [0.1, 0.15) is 6.42 Å². The number of sulfonamides is 1. The van der Waals surface area contributed by atoms with Gasteiger partial charge in [0.25, 0.3) is 0 Å². The van der Waals surface area contributed by atoms with Gasteiger partial charge in [0.2, 0.25) is 10.0 Å². The minimum atomic E-state index is -3.40. The number of fused-ring (bicyclic) bond motifs is 2. The molecule has 5 nitrogen and oxygen atoms in total. The van der Waals surface area contributed by atoms with Crippen LogP contribution in [0.4, 0.5) is 0 Å². The lowest BCUT2D eigenvalue weighted by molar-refractivity contribution is 0.0608. The molecule has 0 N–H and O–H groups in total. The lowest BCUT2D eigenvalue weighted by Gasteiger charge is -2.26. The summed E-state index contributed by atoms with van der Waals surface area (Å²) in [7, 11) is -1.84. The largest absolute Gasteiger partial charge is 0.497 e. The Morgan fingerprint density at radius 1 is 1.33 bits per heavy atom. The molecule has 0 aromatic heterocycles. The Kier molecular flexibility index (Phi) is 2.80. The van der Waals surface area contributed by atoms with E-state index in [4.69, 9.17) is 9.47 Å². The molecule has 18 heavy (non-hydrogen) atoms. The van der Waals surface area contributed by atoms with Crippen LogP contribution >= 0.6 is 0 Å². The van der Waals surface area contributed by atoms with Crippen molar-refractivity contribution in [1.29, 1.82) is 0 Å². The van der Waals surface area contributed by atoms with Gasteiger partial charge in [-0.15, -0.1) is 0 Å². The molecule has 0 amide bonds. The van der Waals surface area contributed by atoms with E-state index in [0.29, 0.717) is 23.8 Å². The average molecular weight is 269 g/mol. The molecule has 0 saturated carbocycles. The molecule has 2 aliphatic heterocycles. The molecule has 1 aromatic rings. The van der Waals surface area contributed by atoms with E-state index in [-0.39, 0.29) is 12.1 Å². The summed E-state index contributed by atoms with van der Waals surface area (Å²) in [6.07, 6.45) is 0.887. The van der Waals surface area contributed by atoms with Crippen molar-refractivity contribution in [2.75, 3.05) is 20.3 Å². The zero-order chi connectivity index (χ0) is 12.8. The molecule has 2 fully saturated rings. The van der Waals surface area contributed by atoms with Crippen LogP contribution in [0.15, 0.2) is 29.2 Å². The predicted molar refractivity (Wildman–Crippen MR) is 65.0 cm³/mol. The maximum Gasteiger partial charge on any atom is 0.243 e. The smallest absolute Gasteiger partial charge is 0.243 e. The number of nitrogens with zero attached hydrogens (tertiary/aromatic N) is 1. The fourth-order valence-corrected chi connectivity index (χ4v) is 4.19. The SMILES string of the molecule is COc1ccc(S(=O)(=O)N2CC3CC2CO3)cc1. The molecule has 2 saturated heterocycles. The predicted octanol–water partition coefficient (Wildman–Crippen LogP) is 0.857. The Balaban J connectivity index is 1.89. The second-order valence-corrected chi connectivity index (χ2v) is 6.49. The van der Waals surface area contributed by atoms with Crippen LogP contribution in [-0.4, -0.2) is 45.1 Å². The highest BCUT2D eigenvalue weighted by Gasteiger charge is 2.45. The van der Waals surface area contributed by atoms with Crippen LogP contribution in [0, 0.1) is 0 Å². The number of methoxy groups -OCH3 is 1. The molecule has 3 rings (SSSR count). The summed E-state index contributed by atoms with van der Waals surface area (Å²) in [5.74, 6) is 0.653. The number of hydrogen-bond acceptors (Lipinski definition) is 4. The summed E-state index contributed by atoms with van der Waals surface area (Å²) in [5.41, 5.74) is 0. The highest BCUT2D eigenvalue weighted by Crippen LogP contribution is 2.33. The zero-order valence-corrected chi connectivity index (χ0v) is 10.9. The van der Waals surface area contributed by atoms with Gasteiger partial charge in [-0.3, -0.25) is 0 Å². The number of morpholine rings is 1. The van der Waals surface area contributed by atoms with Gasteiger partial charge in [-0.05, 0) is 30.7 Å². The molecule has 2 atom stereocenters. The van der Waals surface area contributed by atoms with Crippen molar-refractivity contribution < 1.29 is 17.9 Å². The highest BCUT2D eigenvalue weighted by molar-refractivity contribution is 7.89. The second kappa shape index (κ2) is 4.22. The van der Waals surface area contributed by atoms with E-state index < -0.39 is 10.0 Å². The molecule has 0 spiro atoms. The standard InChI is InChI=1S/C12H15NO4S/c1-16-10-2-4-12(5-3-10)18(14,15)13-7-11-6-9(13)8-17-11/h2-5,9,11H,6-8H2,1H3. The number of rotatable bonds is 3. The Morgan fingerprint density at radius 3 is 2.56 bits per heavy atom. The van der Waals surface area contributed by atoms with Crippen molar-refractivity contribution in [2.45, 2.75) is 23.5 Å². The van der Waals surface area contributed by atoms with Crippen LogP contribution in [-0.2, 0) is 14.8 Å². The number of ether oxygens (including phenoxy) is 2. The topological polar surface area (TPSA) is 55.8 Å². The van der Waals surface area contributed by atoms with Crippen molar-refractivity contribution in [3.8, 4) is 5.75 Å². The normalized spacial score (nSPS) is 27.6. The van der Waals surface area contributed by atoms with Crippen LogP contribution < -0.4 is 4.74 Å². The van der Waals surface area contributed by atoms with Crippen molar-refractivity contribution >= 4 is 10.0 Å². The molecule has 6 heteroatoms. The fraction of sp³-hybridized carbons (Fsp3) is 0.500. The van der Waals surface area contributed by atoms with Gasteiger partial charge in [-0.25, -0.2) is 8.42 Å². The molecule has 2 bridgehead atoms. The molecular formula is C12H15NO4S. The minimum Gasteiger partial charge on any atom is -0.497 e. The van der Waals surface area contributed by atoms with E-state index in [1.54, 1.807) is 35.7 Å². The van der Waals surface area contributed by atoms with Crippen molar-refractivity contribution in [1.82, 2.24) is 4.31 Å². The molecule has 1 aromatic carbocycles. The second-order valence-electron chi connectivity index (χ2n) is 4.60. The minimum absolute atomic E-state index is 0.00195. The van der Waals surface area contributed by atoms with Crippen LogP contribution in [0.5, 0.6) is 5.75 Å². The lowest BCUT2D eigenvalue weighted by Crippen LogP contribution is -2.41. The first-order chi connectivity index (χ1) is 8.61. The Hall–Kier alpha value is -1.11. The first kappa shape index (κ1) is 12.0. The van der Waals surface area contributed by atoms with E-state index in [1.807, 2.05) is 0 Å². The third-order valence-corrected chi connectivity index (χ3v) is 5.45. The lowest BCUT2D eigenvalue weighted by atomic mass is 10.3. The quantitative estimate of drug-likeness (QED) is 0.816. The third-order valence-electron chi connectivity index (χ3n) is 3.52. The summed E-state index contributed by atoms with van der Waals surface area (Å²) in [5, 5.41) is 0. The Bertz CT molecular complexity index is 540. The Labute approximate surface area is 106 Å². The van der Waals surface area contributed by atoms with E-state index in [9.17, 15) is 8.42 Å². The molecule has 0 aliphatic carbocycles. The van der Waals surface area contributed by atoms with Gasteiger partial charge in [0.05, 0.1) is 30.8 Å². The van der Waals surface area contributed by atoms with Gasteiger partial charge >= 0.3 is 0 Å².